The number of aliphatic carboxylic acids is 1. The fourth-order valence-electron chi connectivity index (χ4n) is 4.14. The highest BCUT2D eigenvalue weighted by Crippen LogP contribution is 2.36. The molecule has 5 rings (SSSR count). The molecule has 34 heavy (non-hydrogen) atoms. The Hall–Kier alpha value is -4.17. The fourth-order valence-corrected chi connectivity index (χ4v) is 5.62. The Balaban J connectivity index is 1.81. The molecule has 0 aliphatic carbocycles. The van der Waals surface area contributed by atoms with Gasteiger partial charge in [0.05, 0.1) is 10.6 Å². The number of carbonyl (C=O) groups is 1. The second kappa shape index (κ2) is 8.00. The maximum atomic E-state index is 13.8. The molecule has 0 radical (unpaired) electrons. The lowest BCUT2D eigenvalue weighted by atomic mass is 10.1. The maximum Gasteiger partial charge on any atom is 0.328 e. The lowest BCUT2D eigenvalue weighted by Crippen LogP contribution is -2.14. The molecule has 0 aliphatic heterocycles. The van der Waals surface area contributed by atoms with Crippen molar-refractivity contribution in [1.82, 2.24) is 13.5 Å². The Morgan fingerprint density at radius 3 is 2.56 bits per heavy atom. The van der Waals surface area contributed by atoms with E-state index in [4.69, 9.17) is 5.11 Å². The first-order chi connectivity index (χ1) is 16.3. The third kappa shape index (κ3) is 3.58. The summed E-state index contributed by atoms with van der Waals surface area (Å²) in [7, 11) is -2.07. The largest absolute Gasteiger partial charge is 0.478 e. The lowest BCUT2D eigenvalue weighted by molar-refractivity contribution is -0.131. The molecule has 0 saturated carbocycles. The van der Waals surface area contributed by atoms with Crippen LogP contribution < -0.4 is 0 Å². The van der Waals surface area contributed by atoms with Gasteiger partial charge in [-0.15, -0.1) is 0 Å². The van der Waals surface area contributed by atoms with E-state index in [1.807, 2.05) is 55.1 Å². The molecular weight excluding hydrogens is 450 g/mol. The Kier molecular flexibility index (Phi) is 5.10. The molecule has 0 fully saturated rings. The SMILES string of the molecule is Cc1ccc(S(=O)(=O)n2c(-c3cn(C)c4ccc(/C=C/C(=O)O)cc34)cc3cccnc32)cc1. The molecule has 0 aliphatic rings. The second-order valence-electron chi connectivity index (χ2n) is 8.13. The number of benzene rings is 2. The van der Waals surface area contributed by atoms with Crippen LogP contribution in [0.2, 0.25) is 0 Å². The van der Waals surface area contributed by atoms with Crippen molar-refractivity contribution >= 4 is 44.0 Å². The highest BCUT2D eigenvalue weighted by Gasteiger charge is 2.26. The van der Waals surface area contributed by atoms with Gasteiger partial charge in [-0.1, -0.05) is 23.8 Å². The van der Waals surface area contributed by atoms with Gasteiger partial charge < -0.3 is 9.67 Å². The van der Waals surface area contributed by atoms with Crippen molar-refractivity contribution in [1.29, 1.82) is 0 Å². The molecule has 7 nitrogen and oxygen atoms in total. The Bertz CT molecular complexity index is 1710. The van der Waals surface area contributed by atoms with Crippen LogP contribution in [-0.4, -0.2) is 33.0 Å². The molecule has 1 N–H and O–H groups in total. The van der Waals surface area contributed by atoms with Crippen molar-refractivity contribution in [2.24, 2.45) is 7.05 Å². The van der Waals surface area contributed by atoms with Crippen molar-refractivity contribution < 1.29 is 18.3 Å². The zero-order chi connectivity index (χ0) is 24.0. The third-order valence-electron chi connectivity index (χ3n) is 5.79. The van der Waals surface area contributed by atoms with Crippen molar-refractivity contribution in [3.8, 4) is 11.3 Å². The molecule has 5 aromatic rings. The molecule has 0 unspecified atom stereocenters. The summed E-state index contributed by atoms with van der Waals surface area (Å²) < 4.78 is 30.9. The van der Waals surface area contributed by atoms with Gasteiger partial charge in [0.1, 0.15) is 0 Å². The minimum atomic E-state index is -3.96. The summed E-state index contributed by atoms with van der Waals surface area (Å²) in [5, 5.41) is 10.5. The van der Waals surface area contributed by atoms with Crippen LogP contribution in [-0.2, 0) is 21.9 Å². The van der Waals surface area contributed by atoms with Gasteiger partial charge in [-0.25, -0.2) is 22.2 Å². The number of aryl methyl sites for hydroxylation is 2. The Labute approximate surface area is 196 Å². The first kappa shape index (κ1) is 21.7. The predicted octanol–water partition coefficient (Wildman–Crippen LogP) is 4.84. The minimum absolute atomic E-state index is 0.174. The van der Waals surface area contributed by atoms with Crippen LogP contribution in [0.5, 0.6) is 0 Å². The molecule has 0 saturated heterocycles. The van der Waals surface area contributed by atoms with Gasteiger partial charge in [-0.3, -0.25) is 0 Å². The second-order valence-corrected chi connectivity index (χ2v) is 9.92. The van der Waals surface area contributed by atoms with Crippen LogP contribution in [0.15, 0.2) is 84.0 Å². The van der Waals surface area contributed by atoms with E-state index in [2.05, 4.69) is 4.98 Å². The molecule has 2 aromatic carbocycles. The summed E-state index contributed by atoms with van der Waals surface area (Å²) in [4.78, 5) is 15.5. The van der Waals surface area contributed by atoms with Gasteiger partial charge in [0.15, 0.2) is 5.65 Å². The van der Waals surface area contributed by atoms with Gasteiger partial charge >= 0.3 is 5.97 Å². The highest BCUT2D eigenvalue weighted by atomic mass is 32.2. The molecule has 170 valence electrons. The smallest absolute Gasteiger partial charge is 0.328 e. The molecule has 3 aromatic heterocycles. The average molecular weight is 472 g/mol. The zero-order valence-electron chi connectivity index (χ0n) is 18.5. The first-order valence-electron chi connectivity index (χ1n) is 10.5. The van der Waals surface area contributed by atoms with Gasteiger partial charge in [-0.05, 0) is 61.0 Å². The fraction of sp³-hybridized carbons (Fsp3) is 0.0769. The number of hydrogen-bond acceptors (Lipinski definition) is 4. The predicted molar refractivity (Wildman–Crippen MR) is 132 cm³/mol. The number of pyridine rings is 1. The number of carboxylic acids is 1. The van der Waals surface area contributed by atoms with E-state index >= 15 is 0 Å². The van der Waals surface area contributed by atoms with Gasteiger partial charge in [0.25, 0.3) is 10.0 Å². The summed E-state index contributed by atoms with van der Waals surface area (Å²) in [6.07, 6.45) is 6.04. The highest BCUT2D eigenvalue weighted by molar-refractivity contribution is 7.90. The van der Waals surface area contributed by atoms with E-state index in [0.717, 1.165) is 22.5 Å². The van der Waals surface area contributed by atoms with Gasteiger partial charge in [-0.2, -0.15) is 0 Å². The Morgan fingerprint density at radius 2 is 1.82 bits per heavy atom. The van der Waals surface area contributed by atoms with Crippen molar-refractivity contribution in [2.45, 2.75) is 11.8 Å². The summed E-state index contributed by atoms with van der Waals surface area (Å²) in [5.41, 5.74) is 4.09. The van der Waals surface area contributed by atoms with Crippen LogP contribution >= 0.6 is 0 Å². The zero-order valence-corrected chi connectivity index (χ0v) is 19.3. The molecular formula is C26H21N3O4S. The summed E-state index contributed by atoms with van der Waals surface area (Å²) in [5.74, 6) is -1.04. The van der Waals surface area contributed by atoms with Crippen molar-refractivity contribution in [2.75, 3.05) is 0 Å². The van der Waals surface area contributed by atoms with E-state index in [1.54, 1.807) is 36.5 Å². The van der Waals surface area contributed by atoms with Crippen molar-refractivity contribution in [3.63, 3.8) is 0 Å². The third-order valence-corrected chi connectivity index (χ3v) is 7.51. The normalized spacial score (nSPS) is 12.2. The minimum Gasteiger partial charge on any atom is -0.478 e. The van der Waals surface area contributed by atoms with E-state index < -0.39 is 16.0 Å². The van der Waals surface area contributed by atoms with Crippen LogP contribution in [0.3, 0.4) is 0 Å². The molecule has 0 spiro atoms. The first-order valence-corrected chi connectivity index (χ1v) is 12.0. The molecule has 0 atom stereocenters. The average Bonchev–Trinajstić information content (AvgIpc) is 3.36. The lowest BCUT2D eigenvalue weighted by Gasteiger charge is -2.11. The standard InChI is InChI=1S/C26H21N3O4S/c1-17-5-9-20(10-6-17)34(32,33)29-24(15-19-4-3-13-27-26(19)29)22-16-28(2)23-11-7-18(14-21(22)23)8-12-25(30)31/h3-16H,1-2H3,(H,30,31)/b12-8+. The monoisotopic (exact) mass is 471 g/mol. The number of hydrogen-bond donors (Lipinski definition) is 1. The maximum absolute atomic E-state index is 13.8. The van der Waals surface area contributed by atoms with Crippen LogP contribution in [0.25, 0.3) is 39.3 Å². The summed E-state index contributed by atoms with van der Waals surface area (Å²) >= 11 is 0. The number of nitrogens with zero attached hydrogens (tertiary/aromatic N) is 3. The topological polar surface area (TPSA) is 94.2 Å². The molecule has 3 heterocycles. The number of carboxylic acid groups (broad SMARTS) is 1. The van der Waals surface area contributed by atoms with Gasteiger partial charge in [0, 0.05) is 47.4 Å². The van der Waals surface area contributed by atoms with Gasteiger partial charge in [0.2, 0.25) is 0 Å². The van der Waals surface area contributed by atoms with Crippen LogP contribution in [0, 0.1) is 6.92 Å². The van der Waals surface area contributed by atoms with E-state index in [1.165, 1.54) is 10.0 Å². The van der Waals surface area contributed by atoms with E-state index in [0.29, 0.717) is 27.9 Å². The van der Waals surface area contributed by atoms with E-state index in [9.17, 15) is 13.2 Å². The molecule has 0 bridgehead atoms. The van der Waals surface area contributed by atoms with Crippen LogP contribution in [0.1, 0.15) is 11.1 Å². The Morgan fingerprint density at radius 1 is 1.06 bits per heavy atom. The van der Waals surface area contributed by atoms with E-state index in [-0.39, 0.29) is 4.90 Å². The number of aromatic nitrogens is 3. The quantitative estimate of drug-likeness (QED) is 0.370. The molecule has 8 heteroatoms. The summed E-state index contributed by atoms with van der Waals surface area (Å²) in [6, 6.07) is 17.7. The molecule has 0 amide bonds. The van der Waals surface area contributed by atoms with Crippen LogP contribution in [0.4, 0.5) is 0 Å². The number of fused-ring (bicyclic) bond motifs is 2. The summed E-state index contributed by atoms with van der Waals surface area (Å²) in [6.45, 7) is 1.90. The van der Waals surface area contributed by atoms with Crippen molar-refractivity contribution in [3.05, 3.63) is 90.3 Å². The number of rotatable bonds is 5.